The van der Waals surface area contributed by atoms with Gasteiger partial charge in [-0.2, -0.15) is 16.1 Å². The minimum atomic E-state index is -3.61. The number of nitrogens with zero attached hydrogens (tertiary/aromatic N) is 2. The zero-order valence-electron chi connectivity index (χ0n) is 17.6. The second kappa shape index (κ2) is 11.2. The summed E-state index contributed by atoms with van der Waals surface area (Å²) in [5.74, 6) is 1.25. The lowest BCUT2D eigenvalue weighted by molar-refractivity contribution is 0.0947. The van der Waals surface area contributed by atoms with Crippen molar-refractivity contribution in [3.05, 3.63) is 28.8 Å². The molecule has 2 aliphatic rings. The molecule has 0 aliphatic carbocycles. The monoisotopic (exact) mass is 473 g/mol. The number of hydrogen-bond donors (Lipinski definition) is 1. The Hall–Kier alpha value is -0.800. The van der Waals surface area contributed by atoms with E-state index in [9.17, 15) is 13.2 Å². The number of benzene rings is 1. The van der Waals surface area contributed by atoms with Gasteiger partial charge in [0.05, 0.1) is 15.5 Å². The van der Waals surface area contributed by atoms with E-state index in [4.69, 9.17) is 11.6 Å². The maximum atomic E-state index is 12.9. The molecule has 1 aromatic carbocycles. The molecule has 0 saturated carbocycles. The lowest BCUT2D eigenvalue weighted by atomic mass is 10.00. The van der Waals surface area contributed by atoms with Gasteiger partial charge in [-0.15, -0.1) is 0 Å². The van der Waals surface area contributed by atoms with Crippen molar-refractivity contribution in [1.82, 2.24) is 14.5 Å². The summed E-state index contributed by atoms with van der Waals surface area (Å²) in [4.78, 5) is 15.3. The third-order valence-electron chi connectivity index (χ3n) is 5.92. The van der Waals surface area contributed by atoms with Crippen LogP contribution in [0.2, 0.25) is 5.02 Å². The summed E-state index contributed by atoms with van der Waals surface area (Å²) in [7, 11) is -3.61. The SMILES string of the molecule is CC[C@H]1CCCCN1CCCNC(=O)c1cc(S(=O)(=O)N2CCSCC2)ccc1Cl. The fourth-order valence-corrected chi connectivity index (χ4v) is 6.98. The largest absolute Gasteiger partial charge is 0.352 e. The van der Waals surface area contributed by atoms with E-state index in [1.165, 1.54) is 48.2 Å². The van der Waals surface area contributed by atoms with Gasteiger partial charge in [0.25, 0.3) is 5.91 Å². The Labute approximate surface area is 189 Å². The molecule has 2 fully saturated rings. The van der Waals surface area contributed by atoms with E-state index in [0.717, 1.165) is 31.0 Å². The van der Waals surface area contributed by atoms with Crippen LogP contribution in [0.15, 0.2) is 23.1 Å². The zero-order valence-corrected chi connectivity index (χ0v) is 20.0. The molecule has 0 bridgehead atoms. The first-order valence-electron chi connectivity index (χ1n) is 10.8. The number of thioether (sulfide) groups is 1. The Morgan fingerprint density at radius 1 is 1.23 bits per heavy atom. The fourth-order valence-electron chi connectivity index (χ4n) is 4.17. The van der Waals surface area contributed by atoms with Crippen LogP contribution in [-0.2, 0) is 10.0 Å². The van der Waals surface area contributed by atoms with Crippen molar-refractivity contribution >= 4 is 39.3 Å². The highest BCUT2D eigenvalue weighted by atomic mass is 35.5. The summed E-state index contributed by atoms with van der Waals surface area (Å²) in [6.07, 6.45) is 5.84. The molecular weight excluding hydrogens is 442 g/mol. The highest BCUT2D eigenvalue weighted by Crippen LogP contribution is 2.25. The van der Waals surface area contributed by atoms with Gasteiger partial charge >= 0.3 is 0 Å². The normalized spacial score (nSPS) is 21.5. The van der Waals surface area contributed by atoms with Crippen LogP contribution in [-0.4, -0.2) is 73.8 Å². The van der Waals surface area contributed by atoms with E-state index in [1.807, 2.05) is 0 Å². The van der Waals surface area contributed by atoms with E-state index in [-0.39, 0.29) is 21.4 Å². The summed E-state index contributed by atoms with van der Waals surface area (Å²) >= 11 is 7.97. The molecule has 0 spiro atoms. The Balaban J connectivity index is 1.58. The minimum absolute atomic E-state index is 0.128. The maximum absolute atomic E-state index is 12.9. The van der Waals surface area contributed by atoms with Crippen LogP contribution in [0.4, 0.5) is 0 Å². The molecule has 0 radical (unpaired) electrons. The molecule has 1 amide bonds. The molecule has 6 nitrogen and oxygen atoms in total. The number of hydrogen-bond acceptors (Lipinski definition) is 5. The molecule has 0 unspecified atom stereocenters. The molecule has 1 atom stereocenters. The molecule has 9 heteroatoms. The average molecular weight is 474 g/mol. The van der Waals surface area contributed by atoms with E-state index >= 15 is 0 Å². The third-order valence-corrected chi connectivity index (χ3v) is 9.08. The lowest BCUT2D eigenvalue weighted by Crippen LogP contribution is -2.40. The quantitative estimate of drug-likeness (QED) is 0.585. The predicted octanol–water partition coefficient (Wildman–Crippen LogP) is 3.46. The van der Waals surface area contributed by atoms with Gasteiger partial charge in [0.2, 0.25) is 10.0 Å². The minimum Gasteiger partial charge on any atom is -0.352 e. The van der Waals surface area contributed by atoms with Crippen molar-refractivity contribution in [2.24, 2.45) is 0 Å². The highest BCUT2D eigenvalue weighted by molar-refractivity contribution is 7.99. The van der Waals surface area contributed by atoms with Crippen LogP contribution >= 0.6 is 23.4 Å². The first-order valence-corrected chi connectivity index (χ1v) is 13.8. The van der Waals surface area contributed by atoms with Crippen molar-refractivity contribution < 1.29 is 13.2 Å². The van der Waals surface area contributed by atoms with Crippen LogP contribution in [0.3, 0.4) is 0 Å². The summed E-state index contributed by atoms with van der Waals surface area (Å²) in [6, 6.07) is 5.05. The van der Waals surface area contributed by atoms with Gasteiger partial charge in [-0.1, -0.05) is 24.9 Å². The van der Waals surface area contributed by atoms with Crippen molar-refractivity contribution in [1.29, 1.82) is 0 Å². The van der Waals surface area contributed by atoms with Crippen molar-refractivity contribution in [3.63, 3.8) is 0 Å². The van der Waals surface area contributed by atoms with Gasteiger partial charge in [0, 0.05) is 43.7 Å². The first kappa shape index (κ1) is 23.9. The summed E-state index contributed by atoms with van der Waals surface area (Å²) in [5, 5.41) is 3.18. The molecule has 3 rings (SSSR count). The smallest absolute Gasteiger partial charge is 0.252 e. The molecule has 2 saturated heterocycles. The van der Waals surface area contributed by atoms with Gasteiger partial charge in [0.15, 0.2) is 0 Å². The molecule has 1 N–H and O–H groups in total. The van der Waals surface area contributed by atoms with Crippen molar-refractivity contribution in [3.8, 4) is 0 Å². The van der Waals surface area contributed by atoms with Crippen LogP contribution in [0, 0.1) is 0 Å². The standard InChI is InChI=1S/C21H32ClN3O3S2/c1-2-17-6-3-4-10-24(17)11-5-9-23-21(26)19-16-18(7-8-20(19)22)30(27,28)25-12-14-29-15-13-25/h7-8,16-17H,2-6,9-15H2,1H3,(H,23,26)/t17-/m0/s1. The molecular formula is C21H32ClN3O3S2. The van der Waals surface area contributed by atoms with E-state index in [2.05, 4.69) is 17.1 Å². The van der Waals surface area contributed by atoms with Crippen LogP contribution in [0.1, 0.15) is 49.4 Å². The number of carbonyl (C=O) groups excluding carboxylic acids is 1. The Bertz CT molecular complexity index is 829. The Kier molecular flexibility index (Phi) is 8.89. The highest BCUT2D eigenvalue weighted by Gasteiger charge is 2.27. The summed E-state index contributed by atoms with van der Waals surface area (Å²) in [6.45, 7) is 5.86. The van der Waals surface area contributed by atoms with Gasteiger partial charge < -0.3 is 10.2 Å². The van der Waals surface area contributed by atoms with Gasteiger partial charge in [0.1, 0.15) is 0 Å². The zero-order chi connectivity index (χ0) is 21.6. The van der Waals surface area contributed by atoms with Gasteiger partial charge in [-0.05, 0) is 50.4 Å². The van der Waals surface area contributed by atoms with Crippen LogP contribution < -0.4 is 5.32 Å². The van der Waals surface area contributed by atoms with Gasteiger partial charge in [-0.3, -0.25) is 4.79 Å². The second-order valence-electron chi connectivity index (χ2n) is 7.86. The fraction of sp³-hybridized carbons (Fsp3) is 0.667. The number of amides is 1. The number of sulfonamides is 1. The Morgan fingerprint density at radius 3 is 2.73 bits per heavy atom. The van der Waals surface area contributed by atoms with Crippen molar-refractivity contribution in [2.45, 2.75) is 50.0 Å². The molecule has 1 aromatic rings. The number of nitrogens with one attached hydrogen (secondary N) is 1. The van der Waals surface area contributed by atoms with Gasteiger partial charge in [-0.25, -0.2) is 8.42 Å². The van der Waals surface area contributed by atoms with E-state index in [0.29, 0.717) is 25.7 Å². The first-order chi connectivity index (χ1) is 14.4. The number of piperidine rings is 1. The lowest BCUT2D eigenvalue weighted by Gasteiger charge is -2.35. The summed E-state index contributed by atoms with van der Waals surface area (Å²) < 4.78 is 27.3. The summed E-state index contributed by atoms with van der Waals surface area (Å²) in [5.41, 5.74) is 0.216. The van der Waals surface area contributed by atoms with E-state index < -0.39 is 10.0 Å². The van der Waals surface area contributed by atoms with Crippen molar-refractivity contribution in [2.75, 3.05) is 44.2 Å². The maximum Gasteiger partial charge on any atom is 0.252 e. The molecule has 30 heavy (non-hydrogen) atoms. The topological polar surface area (TPSA) is 69.7 Å². The molecule has 0 aromatic heterocycles. The molecule has 2 aliphatic heterocycles. The number of rotatable bonds is 8. The van der Waals surface area contributed by atoms with Crippen LogP contribution in [0.25, 0.3) is 0 Å². The predicted molar refractivity (Wildman–Crippen MR) is 124 cm³/mol. The molecule has 2 heterocycles. The average Bonchev–Trinajstić information content (AvgIpc) is 2.77. The van der Waals surface area contributed by atoms with Crippen LogP contribution in [0.5, 0.6) is 0 Å². The third kappa shape index (κ3) is 5.91. The number of carbonyl (C=O) groups is 1. The molecule has 168 valence electrons. The number of likely N-dealkylation sites (tertiary alicyclic amines) is 1. The number of halogens is 1. The van der Waals surface area contributed by atoms with E-state index in [1.54, 1.807) is 11.8 Å². The Morgan fingerprint density at radius 2 is 2.00 bits per heavy atom. The second-order valence-corrected chi connectivity index (χ2v) is 11.4.